The average Bonchev–Trinajstić information content (AvgIpc) is 2.38. The summed E-state index contributed by atoms with van der Waals surface area (Å²) in [4.78, 5) is 21.9. The van der Waals surface area contributed by atoms with Crippen molar-refractivity contribution in [3.63, 3.8) is 0 Å². The number of hydrogen-bond acceptors (Lipinski definition) is 4. The summed E-state index contributed by atoms with van der Waals surface area (Å²) in [5.74, 6) is -0.372. The Bertz CT molecular complexity index is 514. The van der Waals surface area contributed by atoms with Gasteiger partial charge < -0.3 is 4.74 Å². The van der Waals surface area contributed by atoms with E-state index < -0.39 is 17.0 Å². The molecule has 0 amide bonds. The van der Waals surface area contributed by atoms with Crippen LogP contribution in [0.1, 0.15) is 31.9 Å². The van der Waals surface area contributed by atoms with Crippen molar-refractivity contribution in [1.29, 1.82) is 0 Å². The van der Waals surface area contributed by atoms with Gasteiger partial charge in [0, 0.05) is 12.1 Å². The van der Waals surface area contributed by atoms with Gasteiger partial charge in [-0.1, -0.05) is 6.07 Å². The lowest BCUT2D eigenvalue weighted by atomic mass is 9.84. The van der Waals surface area contributed by atoms with Crippen LogP contribution in [0, 0.1) is 15.5 Å². The van der Waals surface area contributed by atoms with Crippen LogP contribution in [0.5, 0.6) is 0 Å². The summed E-state index contributed by atoms with van der Waals surface area (Å²) in [7, 11) is 0. The van der Waals surface area contributed by atoms with E-state index in [-0.39, 0.29) is 30.2 Å². The maximum Gasteiger partial charge on any atom is 0.311 e. The number of non-ortho nitro benzene ring substituents is 1. The zero-order valence-electron chi connectivity index (χ0n) is 11.8. The lowest BCUT2D eigenvalue weighted by Crippen LogP contribution is -2.29. The van der Waals surface area contributed by atoms with E-state index in [9.17, 15) is 19.3 Å². The van der Waals surface area contributed by atoms with Gasteiger partial charge in [-0.05, 0) is 38.3 Å². The molecule has 1 aromatic carbocycles. The zero-order valence-corrected chi connectivity index (χ0v) is 11.8. The molecule has 0 radical (unpaired) electrons. The minimum atomic E-state index is -0.810. The quantitative estimate of drug-likeness (QED) is 0.456. The molecule has 0 atom stereocenters. The predicted octanol–water partition coefficient (Wildman–Crippen LogP) is 3.20. The smallest absolute Gasteiger partial charge is 0.311 e. The van der Waals surface area contributed by atoms with Crippen molar-refractivity contribution in [2.24, 2.45) is 5.41 Å². The van der Waals surface area contributed by atoms with E-state index in [4.69, 9.17) is 4.74 Å². The highest BCUT2D eigenvalue weighted by Gasteiger charge is 2.30. The number of hydrogen-bond donors (Lipinski definition) is 0. The largest absolute Gasteiger partial charge is 0.466 e. The van der Waals surface area contributed by atoms with E-state index in [0.717, 1.165) is 0 Å². The molecule has 0 unspecified atom stereocenters. The van der Waals surface area contributed by atoms with Gasteiger partial charge in [0.15, 0.2) is 0 Å². The second-order valence-electron chi connectivity index (χ2n) is 5.12. The number of nitro groups is 1. The van der Waals surface area contributed by atoms with Crippen molar-refractivity contribution in [3.8, 4) is 0 Å². The number of halogens is 1. The number of esters is 1. The number of rotatable bonds is 6. The molecular formula is C14H18FNO4. The van der Waals surface area contributed by atoms with Crippen LogP contribution in [-0.4, -0.2) is 17.5 Å². The molecule has 0 heterocycles. The summed E-state index contributed by atoms with van der Waals surface area (Å²) in [6.45, 7) is 4.59. The van der Waals surface area contributed by atoms with Gasteiger partial charge in [-0.25, -0.2) is 4.39 Å². The fourth-order valence-electron chi connectivity index (χ4n) is 1.90. The Morgan fingerprint density at radius 2 is 2.05 bits per heavy atom. The van der Waals surface area contributed by atoms with Gasteiger partial charge in [0.2, 0.25) is 0 Å². The molecule has 0 saturated heterocycles. The van der Waals surface area contributed by atoms with Crippen LogP contribution in [0.25, 0.3) is 0 Å². The Morgan fingerprint density at radius 3 is 2.55 bits per heavy atom. The second-order valence-corrected chi connectivity index (χ2v) is 5.12. The van der Waals surface area contributed by atoms with Crippen LogP contribution in [0.2, 0.25) is 0 Å². The Hall–Kier alpha value is -1.98. The third-order valence-corrected chi connectivity index (χ3v) is 3.01. The molecule has 0 aliphatic carbocycles. The highest BCUT2D eigenvalue weighted by atomic mass is 19.1. The highest BCUT2D eigenvalue weighted by molar-refractivity contribution is 5.76. The van der Waals surface area contributed by atoms with Crippen LogP contribution in [0.4, 0.5) is 10.1 Å². The Kier molecular flexibility index (Phi) is 5.19. The Balaban J connectivity index is 3.02. The Morgan fingerprint density at radius 1 is 1.40 bits per heavy atom. The second kappa shape index (κ2) is 6.45. The molecule has 110 valence electrons. The normalized spacial score (nSPS) is 11.2. The molecule has 5 nitrogen and oxygen atoms in total. The number of ether oxygens (including phenoxy) is 1. The SMILES string of the molecule is CCOC(=O)C(C)(C)Cc1ccc([N+](=O)[O-])cc1CF. The van der Waals surface area contributed by atoms with Crippen molar-refractivity contribution in [1.82, 2.24) is 0 Å². The van der Waals surface area contributed by atoms with E-state index in [2.05, 4.69) is 0 Å². The average molecular weight is 283 g/mol. The zero-order chi connectivity index (χ0) is 15.3. The number of carbonyl (C=O) groups excluding carboxylic acids is 1. The molecule has 0 aromatic heterocycles. The molecule has 1 aromatic rings. The number of benzene rings is 1. The van der Waals surface area contributed by atoms with Crippen LogP contribution in [0.3, 0.4) is 0 Å². The lowest BCUT2D eigenvalue weighted by Gasteiger charge is -2.23. The van der Waals surface area contributed by atoms with Crippen molar-refractivity contribution < 1.29 is 18.8 Å². The topological polar surface area (TPSA) is 69.4 Å². The molecule has 20 heavy (non-hydrogen) atoms. The van der Waals surface area contributed by atoms with E-state index in [1.54, 1.807) is 20.8 Å². The lowest BCUT2D eigenvalue weighted by molar-refractivity contribution is -0.384. The van der Waals surface area contributed by atoms with Crippen LogP contribution < -0.4 is 0 Å². The standard InChI is InChI=1S/C14H18FNO4/c1-4-20-13(17)14(2,3)8-10-5-6-12(16(18)19)7-11(10)9-15/h5-7H,4,8-9H2,1-3H3. The summed E-state index contributed by atoms with van der Waals surface area (Å²) >= 11 is 0. The molecule has 1 rings (SSSR count). The maximum atomic E-state index is 13.0. The summed E-state index contributed by atoms with van der Waals surface area (Å²) < 4.78 is 18.0. The molecule has 0 fully saturated rings. The molecule has 0 N–H and O–H groups in total. The van der Waals surface area contributed by atoms with Crippen LogP contribution in [-0.2, 0) is 22.6 Å². The van der Waals surface area contributed by atoms with Gasteiger partial charge in [-0.3, -0.25) is 14.9 Å². The first kappa shape index (κ1) is 16.1. The van der Waals surface area contributed by atoms with Crippen molar-refractivity contribution in [2.45, 2.75) is 33.9 Å². The van der Waals surface area contributed by atoms with Crippen LogP contribution >= 0.6 is 0 Å². The molecule has 0 spiro atoms. The molecule has 0 aliphatic heterocycles. The van der Waals surface area contributed by atoms with E-state index in [0.29, 0.717) is 5.56 Å². The third-order valence-electron chi connectivity index (χ3n) is 3.01. The number of nitrogens with zero attached hydrogens (tertiary/aromatic N) is 1. The van der Waals surface area contributed by atoms with Gasteiger partial charge in [-0.2, -0.15) is 0 Å². The van der Waals surface area contributed by atoms with Crippen molar-refractivity contribution in [2.75, 3.05) is 6.61 Å². The minimum absolute atomic E-state index is 0.157. The van der Waals surface area contributed by atoms with E-state index in [1.165, 1.54) is 18.2 Å². The van der Waals surface area contributed by atoms with E-state index >= 15 is 0 Å². The van der Waals surface area contributed by atoms with Gasteiger partial charge in [0.05, 0.1) is 16.9 Å². The van der Waals surface area contributed by atoms with Gasteiger partial charge in [0.25, 0.3) is 5.69 Å². The molecule has 6 heteroatoms. The van der Waals surface area contributed by atoms with Crippen LogP contribution in [0.15, 0.2) is 18.2 Å². The van der Waals surface area contributed by atoms with Gasteiger partial charge in [-0.15, -0.1) is 0 Å². The van der Waals surface area contributed by atoms with Gasteiger partial charge in [0.1, 0.15) is 6.67 Å². The molecular weight excluding hydrogens is 265 g/mol. The summed E-state index contributed by atoms with van der Waals surface area (Å²) in [6.07, 6.45) is 0.267. The third kappa shape index (κ3) is 3.76. The maximum absolute atomic E-state index is 13.0. The number of nitro benzene ring substituents is 1. The first-order chi connectivity index (χ1) is 9.31. The predicted molar refractivity (Wildman–Crippen MR) is 72.0 cm³/mol. The van der Waals surface area contributed by atoms with Crippen molar-refractivity contribution in [3.05, 3.63) is 39.4 Å². The summed E-state index contributed by atoms with van der Waals surface area (Å²) in [5.41, 5.74) is -0.154. The highest BCUT2D eigenvalue weighted by Crippen LogP contribution is 2.28. The molecule has 0 aliphatic rings. The first-order valence-corrected chi connectivity index (χ1v) is 6.31. The van der Waals surface area contributed by atoms with Crippen molar-refractivity contribution >= 4 is 11.7 Å². The van der Waals surface area contributed by atoms with E-state index in [1.807, 2.05) is 0 Å². The summed E-state index contributed by atoms with van der Waals surface area (Å²) in [6, 6.07) is 4.01. The first-order valence-electron chi connectivity index (χ1n) is 6.31. The monoisotopic (exact) mass is 283 g/mol. The fraction of sp³-hybridized carbons (Fsp3) is 0.500. The fourth-order valence-corrected chi connectivity index (χ4v) is 1.90. The Labute approximate surface area is 116 Å². The molecule has 0 bridgehead atoms. The van der Waals surface area contributed by atoms with Gasteiger partial charge >= 0.3 is 5.97 Å². The number of alkyl halides is 1. The minimum Gasteiger partial charge on any atom is -0.466 e. The number of carbonyl (C=O) groups is 1. The summed E-state index contributed by atoms with van der Waals surface area (Å²) in [5, 5.41) is 10.7. The molecule has 0 saturated carbocycles.